The summed E-state index contributed by atoms with van der Waals surface area (Å²) in [7, 11) is 0. The first kappa shape index (κ1) is 24.7. The van der Waals surface area contributed by atoms with Crippen molar-refractivity contribution in [3.8, 4) is 11.4 Å². The van der Waals surface area contributed by atoms with Crippen molar-refractivity contribution in [2.75, 3.05) is 44.7 Å². The minimum Gasteiger partial charge on any atom is -0.395 e. The fourth-order valence-electron chi connectivity index (χ4n) is 4.65. The maximum Gasteiger partial charge on any atom is 0.183 e. The minimum atomic E-state index is 0.0306. The number of nitrogens with zero attached hydrogens (tertiary/aromatic N) is 4. The molecule has 36 heavy (non-hydrogen) atoms. The van der Waals surface area contributed by atoms with E-state index in [2.05, 4.69) is 15.2 Å². The van der Waals surface area contributed by atoms with Crippen LogP contribution in [0.4, 0.5) is 10.8 Å². The van der Waals surface area contributed by atoms with Gasteiger partial charge in [-0.15, -0.1) is 11.3 Å². The normalized spacial score (nSPS) is 16.6. The third kappa shape index (κ3) is 6.04. The monoisotopic (exact) mass is 505 g/mol. The smallest absolute Gasteiger partial charge is 0.183 e. The van der Waals surface area contributed by atoms with Gasteiger partial charge in [-0.3, -0.25) is 14.8 Å². The number of aliphatic imine (C=N–C) groups is 1. The first-order valence-electron chi connectivity index (χ1n) is 12.4. The molecule has 8 nitrogen and oxygen atoms in total. The van der Waals surface area contributed by atoms with Crippen molar-refractivity contribution in [3.63, 3.8) is 0 Å². The number of hydrogen-bond donors (Lipinski definition) is 2. The fraction of sp³-hybridized carbons (Fsp3) is 0.407. The van der Waals surface area contributed by atoms with Crippen LogP contribution in [0, 0.1) is 5.92 Å². The number of ketones is 1. The highest BCUT2D eigenvalue weighted by Crippen LogP contribution is 2.36. The number of aromatic nitrogens is 2. The molecule has 188 valence electrons. The maximum atomic E-state index is 12.8. The molecule has 2 N–H and O–H groups in total. The summed E-state index contributed by atoms with van der Waals surface area (Å²) in [5.41, 5.74) is 4.31. The molecule has 0 saturated carbocycles. The van der Waals surface area contributed by atoms with Gasteiger partial charge in [-0.1, -0.05) is 30.3 Å². The van der Waals surface area contributed by atoms with Crippen molar-refractivity contribution in [2.24, 2.45) is 10.9 Å². The van der Waals surface area contributed by atoms with Crippen LogP contribution in [0.5, 0.6) is 0 Å². The van der Waals surface area contributed by atoms with Gasteiger partial charge in [0.05, 0.1) is 32.0 Å². The van der Waals surface area contributed by atoms with Crippen LogP contribution in [0.15, 0.2) is 53.0 Å². The number of aliphatic hydroxyl groups is 1. The molecule has 0 radical (unpaired) electrons. The average molecular weight is 506 g/mol. The van der Waals surface area contributed by atoms with Crippen LogP contribution >= 0.6 is 11.3 Å². The number of aliphatic hydroxyl groups excluding tert-OH is 1. The lowest BCUT2D eigenvalue weighted by molar-refractivity contribution is 0.0993. The number of rotatable bonds is 10. The summed E-state index contributed by atoms with van der Waals surface area (Å²) in [6, 6.07) is 11.7. The number of anilines is 1. The van der Waals surface area contributed by atoms with Gasteiger partial charge in [-0.05, 0) is 43.5 Å². The lowest BCUT2D eigenvalue weighted by Crippen LogP contribution is -2.37. The number of pyridine rings is 1. The highest BCUT2D eigenvalue weighted by molar-refractivity contribution is 7.14. The lowest BCUT2D eigenvalue weighted by Gasteiger charge is -2.31. The number of thiazole rings is 1. The van der Waals surface area contributed by atoms with Gasteiger partial charge in [0.15, 0.2) is 10.9 Å². The molecular weight excluding hydrogens is 474 g/mol. The Morgan fingerprint density at radius 1 is 1.14 bits per heavy atom. The lowest BCUT2D eigenvalue weighted by atomic mass is 9.97. The van der Waals surface area contributed by atoms with Gasteiger partial charge in [0, 0.05) is 30.2 Å². The number of carbonyl (C=O) groups is 1. The molecule has 2 aliphatic heterocycles. The van der Waals surface area contributed by atoms with Crippen molar-refractivity contribution >= 4 is 33.7 Å². The molecule has 0 aliphatic carbocycles. The van der Waals surface area contributed by atoms with Gasteiger partial charge in [0.25, 0.3) is 0 Å². The standard InChI is InChI=1S/C27H31N5O3S/c33-13-12-32-10-7-19(8-11-32)15-29-27-31-23(18-36-27)26-25-22(6-9-28-26)24(34)14-21(30-25)17-35-16-20-4-2-1-3-5-20/h1-6,9,18-19,33H,7-8,10-17H2,(H,29,31). The van der Waals surface area contributed by atoms with E-state index < -0.39 is 0 Å². The summed E-state index contributed by atoms with van der Waals surface area (Å²) in [6.45, 7) is 4.69. The van der Waals surface area contributed by atoms with E-state index in [1.807, 2.05) is 35.7 Å². The van der Waals surface area contributed by atoms with Crippen molar-refractivity contribution in [1.29, 1.82) is 0 Å². The number of piperidine rings is 1. The average Bonchev–Trinajstić information content (AvgIpc) is 3.38. The SMILES string of the molecule is O=C1CC(COCc2ccccc2)=Nc2c1ccnc2-c1csc(NCC2CCN(CCO)CC2)n1. The first-order chi connectivity index (χ1) is 17.7. The molecule has 5 rings (SSSR count). The van der Waals surface area contributed by atoms with Gasteiger partial charge in [-0.25, -0.2) is 4.98 Å². The van der Waals surface area contributed by atoms with E-state index in [0.29, 0.717) is 41.8 Å². The zero-order valence-corrected chi connectivity index (χ0v) is 21.0. The van der Waals surface area contributed by atoms with Gasteiger partial charge in [0.2, 0.25) is 0 Å². The van der Waals surface area contributed by atoms with Crippen LogP contribution in [0.3, 0.4) is 0 Å². The number of likely N-dealkylation sites (tertiary alicyclic amines) is 1. The van der Waals surface area contributed by atoms with Crippen LogP contribution in [0.2, 0.25) is 0 Å². The van der Waals surface area contributed by atoms with Crippen molar-refractivity contribution in [3.05, 3.63) is 59.1 Å². The molecule has 1 aromatic carbocycles. The highest BCUT2D eigenvalue weighted by atomic mass is 32.1. The Morgan fingerprint density at radius 3 is 2.78 bits per heavy atom. The van der Waals surface area contributed by atoms with E-state index in [1.54, 1.807) is 23.6 Å². The van der Waals surface area contributed by atoms with Gasteiger partial charge in [0.1, 0.15) is 17.1 Å². The van der Waals surface area contributed by atoms with Gasteiger partial charge < -0.3 is 20.1 Å². The number of benzene rings is 1. The second kappa shape index (κ2) is 11.8. The zero-order valence-electron chi connectivity index (χ0n) is 20.2. The molecule has 9 heteroatoms. The number of Topliss-reactive ketones (excluding diaryl/α,β-unsaturated/α-hetero) is 1. The molecule has 1 saturated heterocycles. The Labute approximate surface area is 215 Å². The Hall–Kier alpha value is -2.98. The molecule has 0 atom stereocenters. The molecule has 0 unspecified atom stereocenters. The topological polar surface area (TPSA) is 99.9 Å². The summed E-state index contributed by atoms with van der Waals surface area (Å²) in [5, 5.41) is 15.4. The number of ether oxygens (including phenoxy) is 1. The minimum absolute atomic E-state index is 0.0306. The predicted octanol–water partition coefficient (Wildman–Crippen LogP) is 4.20. The van der Waals surface area contributed by atoms with E-state index >= 15 is 0 Å². The number of hydrogen-bond acceptors (Lipinski definition) is 9. The molecule has 2 aliphatic rings. The first-order valence-corrected chi connectivity index (χ1v) is 13.3. The second-order valence-electron chi connectivity index (χ2n) is 9.24. The molecule has 0 bridgehead atoms. The van der Waals surface area contributed by atoms with Crippen molar-refractivity contribution in [1.82, 2.24) is 14.9 Å². The molecular formula is C27H31N5O3S. The summed E-state index contributed by atoms with van der Waals surface area (Å²) >= 11 is 1.54. The van der Waals surface area contributed by atoms with E-state index in [0.717, 1.165) is 55.4 Å². The Kier molecular flexibility index (Phi) is 8.12. The van der Waals surface area contributed by atoms with E-state index in [1.165, 1.54) is 0 Å². The van der Waals surface area contributed by atoms with Crippen LogP contribution in [0.1, 0.15) is 35.2 Å². The van der Waals surface area contributed by atoms with Crippen molar-refractivity contribution in [2.45, 2.75) is 25.9 Å². The number of β-amino-alcohol motifs (C(OH)–C–C–N with tert-alkyl or cyclic N) is 1. The summed E-state index contributed by atoms with van der Waals surface area (Å²) < 4.78 is 5.84. The Balaban J connectivity index is 1.23. The van der Waals surface area contributed by atoms with E-state index in [9.17, 15) is 4.79 Å². The maximum absolute atomic E-state index is 12.8. The second-order valence-corrected chi connectivity index (χ2v) is 10.1. The van der Waals surface area contributed by atoms with Crippen LogP contribution in [0.25, 0.3) is 11.4 Å². The summed E-state index contributed by atoms with van der Waals surface area (Å²) in [4.78, 5) is 29.2. The third-order valence-electron chi connectivity index (χ3n) is 6.65. The van der Waals surface area contributed by atoms with Crippen molar-refractivity contribution < 1.29 is 14.6 Å². The van der Waals surface area contributed by atoms with Gasteiger partial charge in [-0.2, -0.15) is 0 Å². The molecule has 2 aromatic heterocycles. The van der Waals surface area contributed by atoms with Gasteiger partial charge >= 0.3 is 0 Å². The summed E-state index contributed by atoms with van der Waals surface area (Å²) in [6.07, 6.45) is 4.15. The molecule has 1 fully saturated rings. The summed E-state index contributed by atoms with van der Waals surface area (Å²) in [5.74, 6) is 0.624. The highest BCUT2D eigenvalue weighted by Gasteiger charge is 2.25. The van der Waals surface area contributed by atoms with E-state index in [-0.39, 0.29) is 18.8 Å². The molecule has 0 amide bonds. The predicted molar refractivity (Wildman–Crippen MR) is 142 cm³/mol. The van der Waals surface area contributed by atoms with Crippen LogP contribution in [-0.4, -0.2) is 70.9 Å². The third-order valence-corrected chi connectivity index (χ3v) is 7.45. The van der Waals surface area contributed by atoms with Crippen LogP contribution in [-0.2, 0) is 11.3 Å². The van der Waals surface area contributed by atoms with E-state index in [4.69, 9.17) is 19.8 Å². The quantitative estimate of drug-likeness (QED) is 0.426. The number of carbonyl (C=O) groups excluding carboxylic acids is 1. The number of fused-ring (bicyclic) bond motifs is 1. The van der Waals surface area contributed by atoms with Crippen LogP contribution < -0.4 is 5.32 Å². The molecule has 3 aromatic rings. The largest absolute Gasteiger partial charge is 0.395 e. The number of nitrogens with one attached hydrogen (secondary N) is 1. The zero-order chi connectivity index (χ0) is 24.7. The molecule has 0 spiro atoms. The fourth-order valence-corrected chi connectivity index (χ4v) is 5.36. The molecule has 4 heterocycles. The Bertz CT molecular complexity index is 1210. The Morgan fingerprint density at radius 2 is 1.97 bits per heavy atom.